The predicted molar refractivity (Wildman–Crippen MR) is 58.8 cm³/mol. The van der Waals surface area contributed by atoms with Gasteiger partial charge >= 0.3 is 5.97 Å². The Kier molecular flexibility index (Phi) is 2.13. The molecule has 0 aromatic rings. The Bertz CT molecular complexity index is 249. The van der Waals surface area contributed by atoms with Gasteiger partial charge in [0.25, 0.3) is 0 Å². The van der Waals surface area contributed by atoms with Crippen LogP contribution in [0.1, 0.15) is 33.1 Å². The molecule has 3 heteroatoms. The number of alkyl halides is 1. The van der Waals surface area contributed by atoms with Crippen molar-refractivity contribution in [1.29, 1.82) is 0 Å². The standard InChI is InChI=1S/C10H15IO2/c1-9(2)7-3-4-10(9,6-11)13-8(12)5-7/h7H,3-6H2,1-2H3/t7-,10-/m0/s1. The highest BCUT2D eigenvalue weighted by Crippen LogP contribution is 2.57. The summed E-state index contributed by atoms with van der Waals surface area (Å²) < 4.78 is 6.51. The Morgan fingerprint density at radius 2 is 2.31 bits per heavy atom. The lowest BCUT2D eigenvalue weighted by molar-refractivity contribution is -0.180. The van der Waals surface area contributed by atoms with E-state index in [0.717, 1.165) is 17.3 Å². The first-order valence-electron chi connectivity index (χ1n) is 4.80. The fourth-order valence-electron chi connectivity index (χ4n) is 2.73. The van der Waals surface area contributed by atoms with E-state index in [1.54, 1.807) is 0 Å². The lowest BCUT2D eigenvalue weighted by Gasteiger charge is -2.45. The summed E-state index contributed by atoms with van der Waals surface area (Å²) in [4.78, 5) is 11.4. The van der Waals surface area contributed by atoms with E-state index in [2.05, 4.69) is 36.4 Å². The Labute approximate surface area is 92.5 Å². The average molecular weight is 294 g/mol. The van der Waals surface area contributed by atoms with Crippen molar-refractivity contribution < 1.29 is 9.53 Å². The zero-order valence-electron chi connectivity index (χ0n) is 8.10. The predicted octanol–water partition coefficient (Wildman–Crippen LogP) is 2.54. The maximum atomic E-state index is 11.4. The second-order valence-electron chi connectivity index (χ2n) is 4.76. The summed E-state index contributed by atoms with van der Waals surface area (Å²) >= 11 is 2.34. The van der Waals surface area contributed by atoms with Crippen LogP contribution >= 0.6 is 22.6 Å². The molecule has 1 aliphatic carbocycles. The molecule has 1 heterocycles. The number of carbonyl (C=O) groups excluding carboxylic acids is 1. The van der Waals surface area contributed by atoms with Gasteiger partial charge in [-0.25, -0.2) is 0 Å². The third-order valence-corrected chi connectivity index (χ3v) is 5.26. The average Bonchev–Trinajstić information content (AvgIpc) is 2.23. The molecule has 2 bridgehead atoms. The van der Waals surface area contributed by atoms with Crippen molar-refractivity contribution in [3.63, 3.8) is 0 Å². The molecule has 0 aromatic carbocycles. The number of esters is 1. The first-order chi connectivity index (χ1) is 6.02. The SMILES string of the molecule is CC1(C)[C@H]2CC[C@@]1(CI)OC(=O)C2. The molecule has 0 radical (unpaired) electrons. The molecule has 2 rings (SSSR count). The summed E-state index contributed by atoms with van der Waals surface area (Å²) in [5, 5.41) is 0. The molecule has 1 saturated carbocycles. The minimum absolute atomic E-state index is 0.0125. The van der Waals surface area contributed by atoms with Gasteiger partial charge in [-0.3, -0.25) is 4.79 Å². The molecule has 2 fully saturated rings. The summed E-state index contributed by atoms with van der Waals surface area (Å²) in [6.45, 7) is 4.49. The lowest BCUT2D eigenvalue weighted by Crippen LogP contribution is -2.52. The highest BCUT2D eigenvalue weighted by Gasteiger charge is 2.59. The summed E-state index contributed by atoms with van der Waals surface area (Å²) in [5.74, 6) is 0.557. The van der Waals surface area contributed by atoms with E-state index >= 15 is 0 Å². The number of carbonyl (C=O) groups is 1. The van der Waals surface area contributed by atoms with Crippen LogP contribution in [0.3, 0.4) is 0 Å². The molecule has 0 amide bonds. The van der Waals surface area contributed by atoms with E-state index < -0.39 is 0 Å². The molecule has 0 unspecified atom stereocenters. The van der Waals surface area contributed by atoms with Crippen molar-refractivity contribution >= 4 is 28.6 Å². The fraction of sp³-hybridized carbons (Fsp3) is 0.900. The van der Waals surface area contributed by atoms with Crippen molar-refractivity contribution in [2.45, 2.75) is 38.7 Å². The maximum Gasteiger partial charge on any atom is 0.306 e. The minimum atomic E-state index is -0.159. The number of ether oxygens (including phenoxy) is 1. The summed E-state index contributed by atoms with van der Waals surface area (Å²) in [6.07, 6.45) is 2.84. The van der Waals surface area contributed by atoms with Gasteiger partial charge in [-0.2, -0.15) is 0 Å². The zero-order chi connectivity index (χ0) is 9.69. The first kappa shape index (κ1) is 9.74. The quantitative estimate of drug-likeness (QED) is 0.422. The second kappa shape index (κ2) is 2.84. The largest absolute Gasteiger partial charge is 0.458 e. The van der Waals surface area contributed by atoms with Crippen molar-refractivity contribution in [1.82, 2.24) is 0 Å². The summed E-state index contributed by atoms with van der Waals surface area (Å²) in [7, 11) is 0. The van der Waals surface area contributed by atoms with Crippen molar-refractivity contribution in [2.24, 2.45) is 11.3 Å². The van der Waals surface area contributed by atoms with Crippen molar-refractivity contribution in [3.8, 4) is 0 Å². The normalized spacial score (nSPS) is 41.8. The van der Waals surface area contributed by atoms with E-state index in [9.17, 15) is 4.79 Å². The minimum Gasteiger partial charge on any atom is -0.458 e. The van der Waals surface area contributed by atoms with Crippen LogP contribution in [0.2, 0.25) is 0 Å². The number of hydrogen-bond acceptors (Lipinski definition) is 2. The van der Waals surface area contributed by atoms with Crippen LogP contribution in [0.25, 0.3) is 0 Å². The fourth-order valence-corrected chi connectivity index (χ4v) is 4.25. The molecule has 1 aliphatic heterocycles. The second-order valence-corrected chi connectivity index (χ2v) is 5.53. The van der Waals surface area contributed by atoms with E-state index in [1.807, 2.05) is 0 Å². The van der Waals surface area contributed by atoms with E-state index in [1.165, 1.54) is 0 Å². The van der Waals surface area contributed by atoms with Gasteiger partial charge in [0, 0.05) is 16.3 Å². The Morgan fingerprint density at radius 3 is 2.92 bits per heavy atom. The molecule has 0 spiro atoms. The van der Waals surface area contributed by atoms with Gasteiger partial charge in [-0.05, 0) is 18.8 Å². The van der Waals surface area contributed by atoms with Crippen LogP contribution in [0.15, 0.2) is 0 Å². The van der Waals surface area contributed by atoms with Gasteiger partial charge in [0.05, 0.1) is 0 Å². The molecular formula is C10H15IO2. The number of rotatable bonds is 1. The Balaban J connectivity index is 2.37. The molecular weight excluding hydrogens is 279 g/mol. The van der Waals surface area contributed by atoms with Gasteiger partial charge < -0.3 is 4.74 Å². The van der Waals surface area contributed by atoms with Crippen LogP contribution in [0.4, 0.5) is 0 Å². The van der Waals surface area contributed by atoms with Crippen molar-refractivity contribution in [2.75, 3.05) is 4.43 Å². The van der Waals surface area contributed by atoms with Crippen LogP contribution in [0, 0.1) is 11.3 Å². The summed E-state index contributed by atoms with van der Waals surface area (Å²) in [6, 6.07) is 0. The summed E-state index contributed by atoms with van der Waals surface area (Å²) in [5.41, 5.74) is 0.0235. The van der Waals surface area contributed by atoms with Gasteiger partial charge in [0.15, 0.2) is 0 Å². The van der Waals surface area contributed by atoms with E-state index in [-0.39, 0.29) is 17.0 Å². The van der Waals surface area contributed by atoms with Crippen molar-refractivity contribution in [3.05, 3.63) is 0 Å². The van der Waals surface area contributed by atoms with Crippen LogP contribution in [-0.4, -0.2) is 16.0 Å². The van der Waals surface area contributed by atoms with Gasteiger partial charge in [0.1, 0.15) is 5.60 Å². The first-order valence-corrected chi connectivity index (χ1v) is 6.32. The topological polar surface area (TPSA) is 26.3 Å². The van der Waals surface area contributed by atoms with Crippen LogP contribution in [-0.2, 0) is 9.53 Å². The third kappa shape index (κ3) is 1.15. The smallest absolute Gasteiger partial charge is 0.306 e. The molecule has 2 atom stereocenters. The molecule has 2 nitrogen and oxygen atoms in total. The molecule has 2 aliphatic rings. The number of hydrogen-bond donors (Lipinski definition) is 0. The van der Waals surface area contributed by atoms with Crippen LogP contribution in [0.5, 0.6) is 0 Å². The third-order valence-electron chi connectivity index (χ3n) is 4.03. The zero-order valence-corrected chi connectivity index (χ0v) is 10.3. The van der Waals surface area contributed by atoms with Gasteiger partial charge in [-0.1, -0.05) is 36.4 Å². The Morgan fingerprint density at radius 1 is 1.62 bits per heavy atom. The molecule has 0 aromatic heterocycles. The monoisotopic (exact) mass is 294 g/mol. The highest BCUT2D eigenvalue weighted by atomic mass is 127. The molecule has 74 valence electrons. The maximum absolute atomic E-state index is 11.4. The van der Waals surface area contributed by atoms with Crippen LogP contribution < -0.4 is 0 Å². The van der Waals surface area contributed by atoms with Gasteiger partial charge in [0.2, 0.25) is 0 Å². The van der Waals surface area contributed by atoms with E-state index in [4.69, 9.17) is 4.74 Å². The number of halogens is 1. The lowest BCUT2D eigenvalue weighted by atomic mass is 9.70. The highest BCUT2D eigenvalue weighted by molar-refractivity contribution is 14.1. The Hall–Kier alpha value is 0.200. The van der Waals surface area contributed by atoms with E-state index in [0.29, 0.717) is 12.3 Å². The van der Waals surface area contributed by atoms with Gasteiger partial charge in [-0.15, -0.1) is 0 Å². The molecule has 0 N–H and O–H groups in total. The molecule has 1 saturated heterocycles. The molecule has 13 heavy (non-hydrogen) atoms. The number of fused-ring (bicyclic) bond motifs is 2.